The van der Waals surface area contributed by atoms with Crippen molar-refractivity contribution in [3.05, 3.63) is 70.1 Å². The van der Waals surface area contributed by atoms with Crippen LogP contribution in [0.2, 0.25) is 0 Å². The van der Waals surface area contributed by atoms with Crippen molar-refractivity contribution in [2.24, 2.45) is 0 Å². The van der Waals surface area contributed by atoms with E-state index in [1.807, 2.05) is 38.1 Å². The molecule has 0 aliphatic carbocycles. The Morgan fingerprint density at radius 2 is 1.66 bits per heavy atom. The van der Waals surface area contributed by atoms with Gasteiger partial charge in [-0.05, 0) is 44.0 Å². The molecular weight excluding hydrogens is 466 g/mol. The van der Waals surface area contributed by atoms with E-state index in [0.717, 1.165) is 16.7 Å². The van der Waals surface area contributed by atoms with Crippen LogP contribution in [0.25, 0.3) is 6.08 Å². The van der Waals surface area contributed by atoms with Gasteiger partial charge in [-0.3, -0.25) is 19.9 Å². The number of aryl methyl sites for hydroxylation is 2. The van der Waals surface area contributed by atoms with Gasteiger partial charge < -0.3 is 0 Å². The van der Waals surface area contributed by atoms with Crippen LogP contribution in [-0.2, 0) is 19.6 Å². The van der Waals surface area contributed by atoms with E-state index in [1.54, 1.807) is 18.2 Å². The van der Waals surface area contributed by atoms with Gasteiger partial charge in [0, 0.05) is 13.0 Å². The third kappa shape index (κ3) is 6.26. The summed E-state index contributed by atoms with van der Waals surface area (Å²) in [5, 5.41) is 0. The maximum Gasteiger partial charge on any atom is 0.266 e. The molecule has 168 valence electrons. The minimum Gasteiger partial charge on any atom is -0.293 e. The summed E-state index contributed by atoms with van der Waals surface area (Å²) in [5.41, 5.74) is 5.17. The minimum absolute atomic E-state index is 0.0322. The van der Waals surface area contributed by atoms with Gasteiger partial charge in [0.2, 0.25) is 5.91 Å². The summed E-state index contributed by atoms with van der Waals surface area (Å²) in [6.45, 7) is 4.11. The molecule has 0 radical (unpaired) electrons. The number of hydrogen-bond acceptors (Lipinski definition) is 6. The molecule has 2 aromatic rings. The molecule has 32 heavy (non-hydrogen) atoms. The number of nitrogens with one attached hydrogen (secondary N) is 2. The zero-order valence-corrected chi connectivity index (χ0v) is 20.1. The van der Waals surface area contributed by atoms with Crippen LogP contribution in [0.3, 0.4) is 0 Å². The highest BCUT2D eigenvalue weighted by molar-refractivity contribution is 8.26. The third-order valence-electron chi connectivity index (χ3n) is 4.69. The third-order valence-corrected chi connectivity index (χ3v) is 7.33. The number of nitrogens with zero attached hydrogens (tertiary/aromatic N) is 1. The Morgan fingerprint density at radius 3 is 2.28 bits per heavy atom. The molecule has 0 aromatic heterocycles. The van der Waals surface area contributed by atoms with Crippen LogP contribution in [0.4, 0.5) is 0 Å². The van der Waals surface area contributed by atoms with Crippen LogP contribution < -0.4 is 10.3 Å². The standard InChI is InChI=1S/C22H23N3O4S3/c1-15-5-9-17(10-6-15)14-19-21(27)25(22(30)31-19)13-3-4-20(26)23-24-32(28,29)18-11-7-16(2)8-12-18/h5-12,14,24H,3-4,13H2,1-2H3,(H,23,26). The number of thiocarbonyl (C=S) groups is 1. The largest absolute Gasteiger partial charge is 0.293 e. The molecule has 2 amide bonds. The second kappa shape index (κ2) is 10.4. The van der Waals surface area contributed by atoms with Gasteiger partial charge in [-0.25, -0.2) is 8.42 Å². The van der Waals surface area contributed by atoms with Gasteiger partial charge in [0.05, 0.1) is 9.80 Å². The summed E-state index contributed by atoms with van der Waals surface area (Å²) in [5.74, 6) is -0.692. The molecule has 1 saturated heterocycles. The van der Waals surface area contributed by atoms with Crippen molar-refractivity contribution in [2.75, 3.05) is 6.54 Å². The number of sulfonamides is 1. The first-order valence-corrected chi connectivity index (χ1v) is 12.6. The van der Waals surface area contributed by atoms with Crippen LogP contribution in [0, 0.1) is 13.8 Å². The maximum atomic E-state index is 12.7. The van der Waals surface area contributed by atoms with Crippen molar-refractivity contribution in [2.45, 2.75) is 31.6 Å². The summed E-state index contributed by atoms with van der Waals surface area (Å²) in [4.78, 5) is 28.8. The summed E-state index contributed by atoms with van der Waals surface area (Å²) in [6, 6.07) is 14.1. The molecule has 0 saturated carbocycles. The highest BCUT2D eigenvalue weighted by Crippen LogP contribution is 2.32. The van der Waals surface area contributed by atoms with Crippen molar-refractivity contribution in [1.29, 1.82) is 0 Å². The summed E-state index contributed by atoms with van der Waals surface area (Å²) in [7, 11) is -3.85. The monoisotopic (exact) mass is 489 g/mol. The lowest BCUT2D eigenvalue weighted by Gasteiger charge is -2.14. The lowest BCUT2D eigenvalue weighted by atomic mass is 10.1. The topological polar surface area (TPSA) is 95.6 Å². The van der Waals surface area contributed by atoms with E-state index in [1.165, 1.54) is 28.8 Å². The van der Waals surface area contributed by atoms with E-state index in [4.69, 9.17) is 12.2 Å². The van der Waals surface area contributed by atoms with E-state index in [9.17, 15) is 18.0 Å². The van der Waals surface area contributed by atoms with Gasteiger partial charge in [0.1, 0.15) is 4.32 Å². The Kier molecular flexibility index (Phi) is 7.83. The number of hydrogen-bond donors (Lipinski definition) is 2. The molecule has 10 heteroatoms. The minimum atomic E-state index is -3.85. The number of amides is 2. The first kappa shape index (κ1) is 24.1. The van der Waals surface area contributed by atoms with Gasteiger partial charge in [0.15, 0.2) is 0 Å². The van der Waals surface area contributed by atoms with E-state index >= 15 is 0 Å². The first-order valence-electron chi connectivity index (χ1n) is 9.85. The number of rotatable bonds is 8. The molecule has 1 fully saturated rings. The van der Waals surface area contributed by atoms with Crippen LogP contribution in [-0.4, -0.2) is 36.0 Å². The molecule has 3 rings (SSSR count). The molecule has 0 atom stereocenters. The molecule has 7 nitrogen and oxygen atoms in total. The zero-order chi connectivity index (χ0) is 23.3. The smallest absolute Gasteiger partial charge is 0.266 e. The molecule has 2 aromatic carbocycles. The van der Waals surface area contributed by atoms with Crippen molar-refractivity contribution < 1.29 is 18.0 Å². The van der Waals surface area contributed by atoms with Crippen LogP contribution in [0.5, 0.6) is 0 Å². The van der Waals surface area contributed by atoms with Crippen LogP contribution in [0.1, 0.15) is 29.5 Å². The number of benzene rings is 2. The molecule has 1 aliphatic heterocycles. The molecule has 1 heterocycles. The predicted octanol–water partition coefficient (Wildman–Crippen LogP) is 3.29. The van der Waals surface area contributed by atoms with E-state index in [0.29, 0.717) is 15.6 Å². The highest BCUT2D eigenvalue weighted by Gasteiger charge is 2.31. The number of carbonyl (C=O) groups is 2. The molecule has 2 N–H and O–H groups in total. The highest BCUT2D eigenvalue weighted by atomic mass is 32.2. The molecule has 1 aliphatic rings. The fourth-order valence-electron chi connectivity index (χ4n) is 2.87. The quantitative estimate of drug-likeness (QED) is 0.336. The summed E-state index contributed by atoms with van der Waals surface area (Å²) < 4.78 is 24.9. The second-order valence-electron chi connectivity index (χ2n) is 7.31. The van der Waals surface area contributed by atoms with Crippen molar-refractivity contribution in [3.63, 3.8) is 0 Å². The predicted molar refractivity (Wildman–Crippen MR) is 130 cm³/mol. The number of thioether (sulfide) groups is 1. The normalized spacial score (nSPS) is 15.4. The number of carbonyl (C=O) groups excluding carboxylic acids is 2. The van der Waals surface area contributed by atoms with Gasteiger partial charge in [-0.15, -0.1) is 4.83 Å². The van der Waals surface area contributed by atoms with Crippen LogP contribution in [0.15, 0.2) is 58.3 Å². The average molecular weight is 490 g/mol. The first-order chi connectivity index (χ1) is 15.2. The Labute approximate surface area is 197 Å². The second-order valence-corrected chi connectivity index (χ2v) is 10.7. The zero-order valence-electron chi connectivity index (χ0n) is 17.6. The average Bonchev–Trinajstić information content (AvgIpc) is 3.01. The Bertz CT molecular complexity index is 1160. The SMILES string of the molecule is Cc1ccc(C=C2SC(=S)N(CCCC(=O)NNS(=O)(=O)c3ccc(C)cc3)C2=O)cc1. The summed E-state index contributed by atoms with van der Waals surface area (Å²) >= 11 is 6.54. The van der Waals surface area contributed by atoms with Crippen molar-refractivity contribution in [1.82, 2.24) is 15.2 Å². The van der Waals surface area contributed by atoms with Crippen LogP contribution >= 0.6 is 24.0 Å². The van der Waals surface area contributed by atoms with Gasteiger partial charge in [-0.1, -0.05) is 71.5 Å². The van der Waals surface area contributed by atoms with Crippen molar-refractivity contribution >= 4 is 56.2 Å². The Hall–Kier alpha value is -2.53. The molecule has 0 spiro atoms. The maximum absolute atomic E-state index is 12.7. The van der Waals surface area contributed by atoms with Gasteiger partial charge in [0.25, 0.3) is 15.9 Å². The Morgan fingerprint density at radius 1 is 1.06 bits per heavy atom. The fraction of sp³-hybridized carbons (Fsp3) is 0.227. The number of hydrazine groups is 1. The van der Waals surface area contributed by atoms with Gasteiger partial charge >= 0.3 is 0 Å². The lowest BCUT2D eigenvalue weighted by molar-refractivity contribution is -0.124. The van der Waals surface area contributed by atoms with E-state index in [2.05, 4.69) is 10.3 Å². The molecule has 0 bridgehead atoms. The molecular formula is C22H23N3O4S3. The van der Waals surface area contributed by atoms with Crippen molar-refractivity contribution in [3.8, 4) is 0 Å². The fourth-order valence-corrected chi connectivity index (χ4v) is 5.04. The van der Waals surface area contributed by atoms with Gasteiger partial charge in [-0.2, -0.15) is 0 Å². The molecule has 0 unspecified atom stereocenters. The van der Waals surface area contributed by atoms with E-state index < -0.39 is 15.9 Å². The Balaban J connectivity index is 1.48. The lowest BCUT2D eigenvalue weighted by Crippen LogP contribution is -2.41. The van der Waals surface area contributed by atoms with E-state index in [-0.39, 0.29) is 23.8 Å². The summed E-state index contributed by atoms with van der Waals surface area (Å²) in [6.07, 6.45) is 2.16.